The molecule has 0 radical (unpaired) electrons. The minimum Gasteiger partial charge on any atom is -0.365 e. The van der Waals surface area contributed by atoms with E-state index < -0.39 is 5.91 Å². The molecule has 1 aromatic rings. The lowest BCUT2D eigenvalue weighted by Crippen LogP contribution is -2.29. The lowest BCUT2D eigenvalue weighted by molar-refractivity contribution is 0.0999. The number of carbonyl (C=O) groups is 1. The highest BCUT2D eigenvalue weighted by molar-refractivity contribution is 5.93. The number of rotatable bonds is 2. The van der Waals surface area contributed by atoms with Gasteiger partial charge in [-0.1, -0.05) is 0 Å². The molecule has 1 aliphatic heterocycles. The average Bonchev–Trinajstić information content (AvgIpc) is 2.67. The van der Waals surface area contributed by atoms with Gasteiger partial charge in [-0.2, -0.15) is 5.10 Å². The largest absolute Gasteiger partial charge is 0.365 e. The summed E-state index contributed by atoms with van der Waals surface area (Å²) < 4.78 is 0. The lowest BCUT2D eigenvalue weighted by atomic mass is 9.94. The summed E-state index contributed by atoms with van der Waals surface area (Å²) >= 11 is 0. The number of H-pyrrole nitrogens is 1. The first kappa shape index (κ1) is 9.21. The number of amides is 1. The average molecular weight is 194 g/mol. The van der Waals surface area contributed by atoms with Crippen LogP contribution in [0.3, 0.4) is 0 Å². The van der Waals surface area contributed by atoms with Crippen molar-refractivity contribution in [2.45, 2.75) is 18.8 Å². The van der Waals surface area contributed by atoms with E-state index in [9.17, 15) is 4.79 Å². The molecule has 1 saturated heterocycles. The van der Waals surface area contributed by atoms with Crippen LogP contribution >= 0.6 is 0 Å². The fourth-order valence-corrected chi connectivity index (χ4v) is 1.90. The molecule has 5 nitrogen and oxygen atoms in total. The molecule has 1 amide bonds. The standard InChI is InChI=1S/C9H14N4O/c10-9(14)7-5-12-13-8(7)6-2-1-3-11-4-6/h5-6,11H,1-4H2,(H2,10,14)(H,12,13)/t6-/m1/s1. The minimum absolute atomic E-state index is 0.341. The molecular formula is C9H14N4O. The Bertz CT molecular complexity index is 327. The number of aromatic nitrogens is 2. The van der Waals surface area contributed by atoms with E-state index in [1.807, 2.05) is 0 Å². The maximum atomic E-state index is 11.1. The van der Waals surface area contributed by atoms with Gasteiger partial charge in [0.05, 0.1) is 17.5 Å². The first-order chi connectivity index (χ1) is 6.79. The van der Waals surface area contributed by atoms with Crippen molar-refractivity contribution < 1.29 is 4.79 Å². The smallest absolute Gasteiger partial charge is 0.252 e. The molecule has 0 aliphatic carbocycles. The zero-order chi connectivity index (χ0) is 9.97. The summed E-state index contributed by atoms with van der Waals surface area (Å²) in [5.41, 5.74) is 6.65. The van der Waals surface area contributed by atoms with Gasteiger partial charge in [0.15, 0.2) is 0 Å². The number of carbonyl (C=O) groups excluding carboxylic acids is 1. The van der Waals surface area contributed by atoms with Crippen LogP contribution in [0.5, 0.6) is 0 Å². The van der Waals surface area contributed by atoms with E-state index in [0.29, 0.717) is 11.5 Å². The Balaban J connectivity index is 2.21. The Kier molecular flexibility index (Phi) is 2.49. The summed E-state index contributed by atoms with van der Waals surface area (Å²) in [6.07, 6.45) is 3.71. The van der Waals surface area contributed by atoms with Crippen molar-refractivity contribution in [3.05, 3.63) is 17.5 Å². The number of nitrogens with zero attached hydrogens (tertiary/aromatic N) is 1. The number of nitrogens with two attached hydrogens (primary N) is 1. The van der Waals surface area contributed by atoms with Gasteiger partial charge >= 0.3 is 0 Å². The van der Waals surface area contributed by atoms with E-state index >= 15 is 0 Å². The van der Waals surface area contributed by atoms with Crippen LogP contribution in [-0.2, 0) is 0 Å². The van der Waals surface area contributed by atoms with Gasteiger partial charge < -0.3 is 11.1 Å². The number of aromatic amines is 1. The van der Waals surface area contributed by atoms with Crippen LogP contribution in [0.4, 0.5) is 0 Å². The number of primary amides is 1. The third kappa shape index (κ3) is 1.63. The van der Waals surface area contributed by atoms with Crippen molar-refractivity contribution in [3.63, 3.8) is 0 Å². The Hall–Kier alpha value is -1.36. The summed E-state index contributed by atoms with van der Waals surface area (Å²) in [7, 11) is 0. The van der Waals surface area contributed by atoms with E-state index in [4.69, 9.17) is 5.73 Å². The zero-order valence-electron chi connectivity index (χ0n) is 7.92. The van der Waals surface area contributed by atoms with Crippen LogP contribution in [0.2, 0.25) is 0 Å². The van der Waals surface area contributed by atoms with Gasteiger partial charge in [0, 0.05) is 12.5 Å². The molecule has 1 atom stereocenters. The van der Waals surface area contributed by atoms with E-state index in [1.165, 1.54) is 6.20 Å². The van der Waals surface area contributed by atoms with Crippen molar-refractivity contribution in [1.82, 2.24) is 15.5 Å². The van der Waals surface area contributed by atoms with Crippen LogP contribution in [0.1, 0.15) is 34.8 Å². The van der Waals surface area contributed by atoms with Gasteiger partial charge in [-0.05, 0) is 19.4 Å². The van der Waals surface area contributed by atoms with Gasteiger partial charge in [0.2, 0.25) is 0 Å². The number of nitrogens with one attached hydrogen (secondary N) is 2. The number of hydrogen-bond donors (Lipinski definition) is 3. The molecule has 0 spiro atoms. The monoisotopic (exact) mass is 194 g/mol. The summed E-state index contributed by atoms with van der Waals surface area (Å²) in [4.78, 5) is 11.1. The summed E-state index contributed by atoms with van der Waals surface area (Å²) in [5.74, 6) is -0.0620. The van der Waals surface area contributed by atoms with Crippen molar-refractivity contribution in [2.75, 3.05) is 13.1 Å². The SMILES string of the molecule is NC(=O)c1cn[nH]c1[C@@H]1CCCNC1. The molecule has 5 heteroatoms. The predicted octanol–water partition coefficient (Wildman–Crippen LogP) is -0.0244. The van der Waals surface area contributed by atoms with Gasteiger partial charge in [-0.25, -0.2) is 0 Å². The Morgan fingerprint density at radius 1 is 1.64 bits per heavy atom. The molecular weight excluding hydrogens is 180 g/mol. The number of hydrogen-bond acceptors (Lipinski definition) is 3. The van der Waals surface area contributed by atoms with Crippen LogP contribution in [0, 0.1) is 0 Å². The van der Waals surface area contributed by atoms with E-state index in [1.54, 1.807) is 0 Å². The Morgan fingerprint density at radius 2 is 2.50 bits per heavy atom. The first-order valence-electron chi connectivity index (χ1n) is 4.83. The van der Waals surface area contributed by atoms with Crippen molar-refractivity contribution >= 4 is 5.91 Å². The van der Waals surface area contributed by atoms with E-state index in [2.05, 4.69) is 15.5 Å². The fraction of sp³-hybridized carbons (Fsp3) is 0.556. The van der Waals surface area contributed by atoms with Crippen LogP contribution in [0.25, 0.3) is 0 Å². The molecule has 0 bridgehead atoms. The number of piperidine rings is 1. The molecule has 1 aromatic heterocycles. The van der Waals surface area contributed by atoms with Crippen molar-refractivity contribution in [2.24, 2.45) is 5.73 Å². The summed E-state index contributed by atoms with van der Waals surface area (Å²) in [5, 5.41) is 10.0. The quantitative estimate of drug-likeness (QED) is 0.618. The van der Waals surface area contributed by atoms with Crippen molar-refractivity contribution in [3.8, 4) is 0 Å². The van der Waals surface area contributed by atoms with Crippen LogP contribution < -0.4 is 11.1 Å². The normalized spacial score (nSPS) is 22.1. The molecule has 0 aromatic carbocycles. The second kappa shape index (κ2) is 3.79. The molecule has 76 valence electrons. The van der Waals surface area contributed by atoms with E-state index in [0.717, 1.165) is 31.6 Å². The molecule has 14 heavy (non-hydrogen) atoms. The molecule has 2 rings (SSSR count). The fourth-order valence-electron chi connectivity index (χ4n) is 1.90. The molecule has 2 heterocycles. The highest BCUT2D eigenvalue weighted by Crippen LogP contribution is 2.23. The third-order valence-electron chi connectivity index (χ3n) is 2.64. The molecule has 0 unspecified atom stereocenters. The third-order valence-corrected chi connectivity index (χ3v) is 2.64. The molecule has 4 N–H and O–H groups in total. The maximum Gasteiger partial charge on any atom is 0.252 e. The predicted molar refractivity (Wildman–Crippen MR) is 52.0 cm³/mol. The second-order valence-corrected chi connectivity index (χ2v) is 3.60. The summed E-state index contributed by atoms with van der Waals surface area (Å²) in [6, 6.07) is 0. The maximum absolute atomic E-state index is 11.1. The van der Waals surface area contributed by atoms with Gasteiger partial charge in [0.1, 0.15) is 0 Å². The first-order valence-corrected chi connectivity index (χ1v) is 4.83. The van der Waals surface area contributed by atoms with Gasteiger partial charge in [0.25, 0.3) is 5.91 Å². The van der Waals surface area contributed by atoms with Crippen LogP contribution in [0.15, 0.2) is 6.20 Å². The van der Waals surface area contributed by atoms with Crippen LogP contribution in [-0.4, -0.2) is 29.2 Å². The molecule has 1 fully saturated rings. The highest BCUT2D eigenvalue weighted by atomic mass is 16.1. The molecule has 1 aliphatic rings. The minimum atomic E-state index is -0.403. The zero-order valence-corrected chi connectivity index (χ0v) is 7.92. The van der Waals surface area contributed by atoms with Crippen molar-refractivity contribution in [1.29, 1.82) is 0 Å². The summed E-state index contributed by atoms with van der Waals surface area (Å²) in [6.45, 7) is 1.94. The molecule has 0 saturated carbocycles. The van der Waals surface area contributed by atoms with Gasteiger partial charge in [-0.3, -0.25) is 9.89 Å². The van der Waals surface area contributed by atoms with Gasteiger partial charge in [-0.15, -0.1) is 0 Å². The topological polar surface area (TPSA) is 83.8 Å². The Labute approximate surface area is 82.1 Å². The Morgan fingerprint density at radius 3 is 3.14 bits per heavy atom. The lowest BCUT2D eigenvalue weighted by Gasteiger charge is -2.22. The highest BCUT2D eigenvalue weighted by Gasteiger charge is 2.21. The second-order valence-electron chi connectivity index (χ2n) is 3.60. The van der Waals surface area contributed by atoms with E-state index in [-0.39, 0.29) is 0 Å².